The number of benzene rings is 1. The summed E-state index contributed by atoms with van der Waals surface area (Å²) < 4.78 is 24.5. The van der Waals surface area contributed by atoms with E-state index in [1.165, 1.54) is 6.07 Å². The van der Waals surface area contributed by atoms with Crippen LogP contribution in [0.5, 0.6) is 0 Å². The van der Waals surface area contributed by atoms with E-state index < -0.39 is 10.8 Å². The quantitative estimate of drug-likeness (QED) is 0.890. The molecule has 1 N–H and O–H groups in total. The monoisotopic (exact) mass is 255 g/mol. The maximum Gasteiger partial charge on any atom is 0.126 e. The minimum Gasteiger partial charge on any atom is -0.314 e. The Bertz CT molecular complexity index is 387. The summed E-state index contributed by atoms with van der Waals surface area (Å²) in [7, 11) is -0.606. The lowest BCUT2D eigenvalue weighted by Gasteiger charge is -2.22. The van der Waals surface area contributed by atoms with Crippen molar-refractivity contribution >= 4 is 10.8 Å². The van der Waals surface area contributed by atoms with E-state index in [0.717, 1.165) is 36.5 Å². The van der Waals surface area contributed by atoms with Crippen molar-refractivity contribution in [3.05, 3.63) is 35.6 Å². The third kappa shape index (κ3) is 3.89. The van der Waals surface area contributed by atoms with E-state index in [2.05, 4.69) is 5.32 Å². The fraction of sp³-hybridized carbons (Fsp3) is 0.538. The molecule has 0 amide bonds. The van der Waals surface area contributed by atoms with E-state index in [9.17, 15) is 8.60 Å². The van der Waals surface area contributed by atoms with Gasteiger partial charge in [-0.1, -0.05) is 18.2 Å². The predicted molar refractivity (Wildman–Crippen MR) is 69.0 cm³/mol. The van der Waals surface area contributed by atoms with Gasteiger partial charge in [0.05, 0.1) is 0 Å². The van der Waals surface area contributed by atoms with Gasteiger partial charge in [-0.05, 0) is 37.4 Å². The number of halogens is 1. The van der Waals surface area contributed by atoms with Gasteiger partial charge in [0.25, 0.3) is 0 Å². The Kier molecular flexibility index (Phi) is 4.68. The highest BCUT2D eigenvalue weighted by Gasteiger charge is 2.16. The van der Waals surface area contributed by atoms with Gasteiger partial charge in [0, 0.05) is 28.3 Å². The van der Waals surface area contributed by atoms with Crippen molar-refractivity contribution in [2.24, 2.45) is 0 Å². The van der Waals surface area contributed by atoms with Gasteiger partial charge in [-0.3, -0.25) is 4.21 Å². The second-order valence-electron chi connectivity index (χ2n) is 4.42. The first-order valence-electron chi connectivity index (χ1n) is 6.07. The average molecular weight is 255 g/mol. The highest BCUT2D eigenvalue weighted by atomic mass is 32.2. The van der Waals surface area contributed by atoms with Crippen molar-refractivity contribution in [1.29, 1.82) is 0 Å². The lowest BCUT2D eigenvalue weighted by Crippen LogP contribution is -2.36. The molecule has 17 heavy (non-hydrogen) atoms. The molecule has 1 heterocycles. The summed E-state index contributed by atoms with van der Waals surface area (Å²) in [6, 6.07) is 7.36. The molecule has 0 aromatic heterocycles. The van der Waals surface area contributed by atoms with Gasteiger partial charge >= 0.3 is 0 Å². The Morgan fingerprint density at radius 1 is 1.29 bits per heavy atom. The van der Waals surface area contributed by atoms with Gasteiger partial charge in [0.1, 0.15) is 5.82 Å². The standard InChI is InChI=1S/C13H18FNOS/c14-13-4-2-1-3-11(13)5-8-15-12-6-9-17(16)10-7-12/h1-4,12,15H,5-10H2. The summed E-state index contributed by atoms with van der Waals surface area (Å²) >= 11 is 0. The summed E-state index contributed by atoms with van der Waals surface area (Å²) in [5.41, 5.74) is 0.763. The van der Waals surface area contributed by atoms with Crippen LogP contribution in [0.25, 0.3) is 0 Å². The lowest BCUT2D eigenvalue weighted by molar-refractivity contribution is 0.476. The summed E-state index contributed by atoms with van der Waals surface area (Å²) in [6.45, 7) is 0.790. The van der Waals surface area contributed by atoms with Crippen LogP contribution in [0.1, 0.15) is 18.4 Å². The third-order valence-corrected chi connectivity index (χ3v) is 4.56. The van der Waals surface area contributed by atoms with E-state index in [1.807, 2.05) is 12.1 Å². The van der Waals surface area contributed by atoms with Gasteiger partial charge in [0.15, 0.2) is 0 Å². The molecule has 2 nitrogen and oxygen atoms in total. The fourth-order valence-electron chi connectivity index (χ4n) is 2.11. The van der Waals surface area contributed by atoms with Crippen LogP contribution in [0.3, 0.4) is 0 Å². The third-order valence-electron chi connectivity index (χ3n) is 3.17. The molecule has 4 heteroatoms. The maximum absolute atomic E-state index is 13.3. The molecule has 1 aromatic carbocycles. The second-order valence-corrected chi connectivity index (χ2v) is 6.11. The molecule has 0 bridgehead atoms. The van der Waals surface area contributed by atoms with Gasteiger partial charge < -0.3 is 5.32 Å². The molecule has 94 valence electrons. The van der Waals surface area contributed by atoms with Crippen molar-refractivity contribution in [2.45, 2.75) is 25.3 Å². The minimum absolute atomic E-state index is 0.126. The first kappa shape index (κ1) is 12.7. The molecule has 0 unspecified atom stereocenters. The predicted octanol–water partition coefficient (Wildman–Crippen LogP) is 1.87. The Morgan fingerprint density at radius 2 is 2.00 bits per heavy atom. The Balaban J connectivity index is 1.73. The summed E-state index contributed by atoms with van der Waals surface area (Å²) in [5.74, 6) is 1.48. The van der Waals surface area contributed by atoms with Crippen LogP contribution in [0, 0.1) is 5.82 Å². The molecule has 1 saturated heterocycles. The largest absolute Gasteiger partial charge is 0.314 e. The minimum atomic E-state index is -0.606. The smallest absolute Gasteiger partial charge is 0.126 e. The van der Waals surface area contributed by atoms with Crippen LogP contribution < -0.4 is 5.32 Å². The fourth-order valence-corrected chi connectivity index (χ4v) is 3.41. The number of hydrogen-bond donors (Lipinski definition) is 1. The van der Waals surface area contributed by atoms with Crippen LogP contribution in [0.15, 0.2) is 24.3 Å². The van der Waals surface area contributed by atoms with Crippen LogP contribution in [0.2, 0.25) is 0 Å². The van der Waals surface area contributed by atoms with Crippen molar-refractivity contribution in [3.8, 4) is 0 Å². The molecule has 0 spiro atoms. The van der Waals surface area contributed by atoms with E-state index in [-0.39, 0.29) is 5.82 Å². The molecule has 1 aromatic rings. The van der Waals surface area contributed by atoms with Crippen molar-refractivity contribution in [3.63, 3.8) is 0 Å². The van der Waals surface area contributed by atoms with Crippen LogP contribution in [-0.2, 0) is 17.2 Å². The molecule has 1 aliphatic rings. The van der Waals surface area contributed by atoms with E-state index in [4.69, 9.17) is 0 Å². The Labute approximate surface area is 104 Å². The number of rotatable bonds is 4. The highest BCUT2D eigenvalue weighted by molar-refractivity contribution is 7.85. The second kappa shape index (κ2) is 6.26. The van der Waals surface area contributed by atoms with Crippen LogP contribution in [0.4, 0.5) is 4.39 Å². The molecule has 2 rings (SSSR count). The average Bonchev–Trinajstić information content (AvgIpc) is 2.34. The van der Waals surface area contributed by atoms with E-state index in [1.54, 1.807) is 6.07 Å². The zero-order valence-electron chi connectivity index (χ0n) is 9.82. The normalized spacial score (nSPS) is 24.8. The van der Waals surface area contributed by atoms with E-state index in [0.29, 0.717) is 12.5 Å². The first-order chi connectivity index (χ1) is 8.25. The summed E-state index contributed by atoms with van der Waals surface area (Å²) in [6.07, 6.45) is 2.67. The molecule has 1 aliphatic heterocycles. The molecule has 0 saturated carbocycles. The molecule has 1 fully saturated rings. The van der Waals surface area contributed by atoms with Crippen molar-refractivity contribution < 1.29 is 8.60 Å². The topological polar surface area (TPSA) is 29.1 Å². The highest BCUT2D eigenvalue weighted by Crippen LogP contribution is 2.10. The van der Waals surface area contributed by atoms with E-state index >= 15 is 0 Å². The zero-order chi connectivity index (χ0) is 12.1. The number of nitrogens with one attached hydrogen (secondary N) is 1. The maximum atomic E-state index is 13.3. The van der Waals surface area contributed by atoms with Gasteiger partial charge in [-0.15, -0.1) is 0 Å². The molecule has 0 atom stereocenters. The summed E-state index contributed by atoms with van der Waals surface area (Å²) in [5, 5.41) is 3.42. The SMILES string of the molecule is O=S1CCC(NCCc2ccccc2F)CC1. The van der Waals surface area contributed by atoms with Gasteiger partial charge in [-0.2, -0.15) is 0 Å². The summed E-state index contributed by atoms with van der Waals surface area (Å²) in [4.78, 5) is 0. The molecular formula is C13H18FNOS. The number of hydrogen-bond acceptors (Lipinski definition) is 2. The lowest BCUT2D eigenvalue weighted by atomic mass is 10.1. The Morgan fingerprint density at radius 3 is 2.71 bits per heavy atom. The van der Waals surface area contributed by atoms with Crippen molar-refractivity contribution in [2.75, 3.05) is 18.1 Å². The molecular weight excluding hydrogens is 237 g/mol. The van der Waals surface area contributed by atoms with Crippen molar-refractivity contribution in [1.82, 2.24) is 5.32 Å². The van der Waals surface area contributed by atoms with Crippen LogP contribution in [-0.4, -0.2) is 28.3 Å². The molecule has 0 aliphatic carbocycles. The van der Waals surface area contributed by atoms with Crippen LogP contribution >= 0.6 is 0 Å². The first-order valence-corrected chi connectivity index (χ1v) is 7.56. The Hall–Kier alpha value is -0.740. The van der Waals surface area contributed by atoms with Gasteiger partial charge in [-0.25, -0.2) is 4.39 Å². The zero-order valence-corrected chi connectivity index (χ0v) is 10.6. The van der Waals surface area contributed by atoms with Gasteiger partial charge in [0.2, 0.25) is 0 Å². The molecule has 0 radical (unpaired) electrons.